The van der Waals surface area contributed by atoms with Crippen molar-refractivity contribution >= 4 is 28.1 Å². The first-order chi connectivity index (χ1) is 23.1. The summed E-state index contributed by atoms with van der Waals surface area (Å²) in [6, 6.07) is 32.2. The summed E-state index contributed by atoms with van der Waals surface area (Å²) in [5, 5.41) is 2.35. The topological polar surface area (TPSA) is 79.8 Å². The van der Waals surface area contributed by atoms with Crippen LogP contribution in [0.25, 0.3) is 16.1 Å². The fourth-order valence-corrected chi connectivity index (χ4v) is 7.10. The average Bonchev–Trinajstić information content (AvgIpc) is 3.68. The highest BCUT2D eigenvalue weighted by atomic mass is 32.2. The van der Waals surface area contributed by atoms with Crippen LogP contribution < -0.4 is 9.47 Å². The standard InChI is InChI=1S/C38H37N3O4S2/c1-43-35-18-17-29(23-36(35)44-2)25-41-20-9-15-31(26-41)32-24-33(37-16-10-21-46-37)40-38(39-32)47(42)22-19-34(30-13-7-4-8-14-30)45-27-28-11-5-3-6-12-28/h3-18,21,23-24,26,34H,19-20,22,25,27H2,1-2H3. The Morgan fingerprint density at radius 1 is 0.851 bits per heavy atom. The second-order valence-electron chi connectivity index (χ2n) is 11.0. The number of benzene rings is 3. The summed E-state index contributed by atoms with van der Waals surface area (Å²) in [5.41, 5.74) is 5.68. The first-order valence-electron chi connectivity index (χ1n) is 15.4. The van der Waals surface area contributed by atoms with Gasteiger partial charge in [-0.25, -0.2) is 0 Å². The number of nitrogens with zero attached hydrogens (tertiary/aromatic N) is 3. The summed E-state index contributed by atoms with van der Waals surface area (Å²) in [6.07, 6.45) is 6.64. The van der Waals surface area contributed by atoms with Crippen LogP contribution in [-0.2, 0) is 29.1 Å². The van der Waals surface area contributed by atoms with E-state index in [9.17, 15) is 4.55 Å². The van der Waals surface area contributed by atoms with Crippen molar-refractivity contribution in [2.75, 3.05) is 26.5 Å². The zero-order chi connectivity index (χ0) is 32.4. The lowest BCUT2D eigenvalue weighted by atomic mass is 10.1. The van der Waals surface area contributed by atoms with E-state index >= 15 is 0 Å². The molecule has 240 valence electrons. The van der Waals surface area contributed by atoms with Gasteiger partial charge in [0.15, 0.2) is 11.5 Å². The molecule has 0 fully saturated rings. The van der Waals surface area contributed by atoms with Crippen molar-refractivity contribution in [2.45, 2.75) is 30.8 Å². The molecule has 0 radical (unpaired) electrons. The van der Waals surface area contributed by atoms with Gasteiger partial charge < -0.3 is 23.7 Å². The number of allylic oxidation sites excluding steroid dienone is 2. The van der Waals surface area contributed by atoms with Crippen LogP contribution in [0, 0.1) is 0 Å². The number of hydrogen-bond donors (Lipinski definition) is 0. The summed E-state index contributed by atoms with van der Waals surface area (Å²) in [6.45, 7) is 1.91. The lowest BCUT2D eigenvalue weighted by Crippen LogP contribution is -2.20. The molecule has 7 nitrogen and oxygen atoms in total. The quantitative estimate of drug-likeness (QED) is 0.0878. The molecule has 3 heterocycles. The highest BCUT2D eigenvalue weighted by Crippen LogP contribution is 2.31. The molecule has 0 saturated heterocycles. The molecule has 2 aromatic heterocycles. The fraction of sp³-hybridized carbons (Fsp3) is 0.211. The number of rotatable bonds is 14. The van der Waals surface area contributed by atoms with Crippen molar-refractivity contribution in [3.8, 4) is 22.1 Å². The van der Waals surface area contributed by atoms with E-state index in [1.54, 1.807) is 25.6 Å². The Kier molecular flexibility index (Phi) is 11.0. The van der Waals surface area contributed by atoms with Crippen molar-refractivity contribution in [1.29, 1.82) is 0 Å². The largest absolute Gasteiger partial charge is 0.609 e. The molecule has 0 saturated carbocycles. The van der Waals surface area contributed by atoms with Crippen LogP contribution in [0.1, 0.15) is 34.9 Å². The maximum absolute atomic E-state index is 13.9. The predicted octanol–water partition coefficient (Wildman–Crippen LogP) is 8.09. The van der Waals surface area contributed by atoms with E-state index < -0.39 is 11.2 Å². The summed E-state index contributed by atoms with van der Waals surface area (Å²) in [4.78, 5) is 12.9. The van der Waals surface area contributed by atoms with Crippen LogP contribution >= 0.6 is 11.3 Å². The molecule has 5 aromatic rings. The highest BCUT2D eigenvalue weighted by Gasteiger charge is 2.23. The Labute approximate surface area is 283 Å². The zero-order valence-electron chi connectivity index (χ0n) is 26.5. The van der Waals surface area contributed by atoms with E-state index in [1.165, 1.54) is 0 Å². The molecule has 1 aliphatic heterocycles. The molecule has 47 heavy (non-hydrogen) atoms. The van der Waals surface area contributed by atoms with Gasteiger partial charge >= 0.3 is 5.16 Å². The summed E-state index contributed by atoms with van der Waals surface area (Å²) in [5.74, 6) is 1.76. The second kappa shape index (κ2) is 15.9. The van der Waals surface area contributed by atoms with Gasteiger partial charge in [0, 0.05) is 42.5 Å². The van der Waals surface area contributed by atoms with E-state index in [0.717, 1.165) is 45.1 Å². The first-order valence-corrected chi connectivity index (χ1v) is 17.6. The molecular formula is C38H37N3O4S2. The van der Waals surface area contributed by atoms with Crippen LogP contribution in [0.4, 0.5) is 0 Å². The third kappa shape index (κ3) is 8.50. The minimum Gasteiger partial charge on any atom is -0.609 e. The van der Waals surface area contributed by atoms with E-state index in [4.69, 9.17) is 24.2 Å². The predicted molar refractivity (Wildman–Crippen MR) is 189 cm³/mol. The third-order valence-electron chi connectivity index (χ3n) is 7.80. The van der Waals surface area contributed by atoms with Gasteiger partial charge in [-0.05, 0) is 46.3 Å². The molecule has 9 heteroatoms. The van der Waals surface area contributed by atoms with Gasteiger partial charge in [-0.2, -0.15) is 9.97 Å². The molecule has 6 rings (SSSR count). The Balaban J connectivity index is 1.23. The number of aromatic nitrogens is 2. The molecule has 0 amide bonds. The summed E-state index contributed by atoms with van der Waals surface area (Å²) >= 11 is 0.153. The van der Waals surface area contributed by atoms with E-state index in [-0.39, 0.29) is 6.10 Å². The third-order valence-corrected chi connectivity index (χ3v) is 9.89. The zero-order valence-corrected chi connectivity index (χ0v) is 28.1. The molecule has 0 bridgehead atoms. The van der Waals surface area contributed by atoms with Crippen molar-refractivity contribution in [2.24, 2.45) is 0 Å². The van der Waals surface area contributed by atoms with Gasteiger partial charge in [-0.1, -0.05) is 84.9 Å². The molecule has 2 atom stereocenters. The molecule has 2 unspecified atom stereocenters. The lowest BCUT2D eigenvalue weighted by Gasteiger charge is -2.24. The normalized spacial score (nSPS) is 14.0. The van der Waals surface area contributed by atoms with E-state index in [2.05, 4.69) is 47.5 Å². The Bertz CT molecular complexity index is 1800. The lowest BCUT2D eigenvalue weighted by molar-refractivity contribution is 0.0376. The number of methoxy groups -OCH3 is 2. The van der Waals surface area contributed by atoms with Crippen LogP contribution in [-0.4, -0.2) is 45.9 Å². The van der Waals surface area contributed by atoms with Gasteiger partial charge in [0.25, 0.3) is 0 Å². The number of thiophene rings is 1. The molecule has 0 N–H and O–H groups in total. The van der Waals surface area contributed by atoms with Gasteiger partial charge in [0.05, 0.1) is 43.2 Å². The SMILES string of the molecule is COc1ccc(CN2C=C(c3cc(-c4cccs4)nc([S+]([O-])CCC(OCc4ccccc4)c4ccccc4)n3)C=CC2)cc1OC. The summed E-state index contributed by atoms with van der Waals surface area (Å²) in [7, 11) is 3.28. The molecule has 0 aliphatic carbocycles. The molecule has 3 aromatic carbocycles. The van der Waals surface area contributed by atoms with Gasteiger partial charge in [-0.3, -0.25) is 0 Å². The maximum atomic E-state index is 13.9. The van der Waals surface area contributed by atoms with E-state index in [0.29, 0.717) is 42.0 Å². The van der Waals surface area contributed by atoms with Crippen LogP contribution in [0.3, 0.4) is 0 Å². The smallest absolute Gasteiger partial charge is 0.343 e. The molecule has 0 spiro atoms. The fourth-order valence-electron chi connectivity index (χ4n) is 5.40. The van der Waals surface area contributed by atoms with E-state index in [1.807, 2.05) is 78.2 Å². The number of ether oxygens (including phenoxy) is 3. The second-order valence-corrected chi connectivity index (χ2v) is 13.5. The van der Waals surface area contributed by atoms with Gasteiger partial charge in [-0.15, -0.1) is 11.3 Å². The van der Waals surface area contributed by atoms with Crippen molar-refractivity contribution < 1.29 is 18.8 Å². The Morgan fingerprint density at radius 3 is 2.36 bits per heavy atom. The van der Waals surface area contributed by atoms with Gasteiger partial charge in [0.2, 0.25) is 0 Å². The van der Waals surface area contributed by atoms with Crippen LogP contribution in [0.15, 0.2) is 126 Å². The minimum atomic E-state index is -1.45. The van der Waals surface area contributed by atoms with Crippen LogP contribution in [0.2, 0.25) is 0 Å². The summed E-state index contributed by atoms with van der Waals surface area (Å²) < 4.78 is 31.2. The highest BCUT2D eigenvalue weighted by molar-refractivity contribution is 7.91. The number of hydrogen-bond acceptors (Lipinski definition) is 8. The minimum absolute atomic E-state index is 0.213. The van der Waals surface area contributed by atoms with Crippen molar-refractivity contribution in [3.63, 3.8) is 0 Å². The first kappa shape index (κ1) is 32.5. The van der Waals surface area contributed by atoms with Crippen LogP contribution in [0.5, 0.6) is 11.5 Å². The van der Waals surface area contributed by atoms with Crippen molar-refractivity contribution in [1.82, 2.24) is 14.9 Å². The Morgan fingerprint density at radius 2 is 1.62 bits per heavy atom. The monoisotopic (exact) mass is 663 g/mol. The average molecular weight is 664 g/mol. The molecular weight excluding hydrogens is 627 g/mol. The van der Waals surface area contributed by atoms with Gasteiger partial charge in [0.1, 0.15) is 5.75 Å². The molecule has 1 aliphatic rings. The Hall–Kier alpha value is -4.41. The van der Waals surface area contributed by atoms with Crippen molar-refractivity contribution in [3.05, 3.63) is 143 Å². The maximum Gasteiger partial charge on any atom is 0.343 e.